The largest absolute Gasteiger partial charge is 0.496 e. The molecule has 0 saturated carbocycles. The Morgan fingerprint density at radius 3 is 2.31 bits per heavy atom. The lowest BCUT2D eigenvalue weighted by Crippen LogP contribution is -2.42. The fraction of sp³-hybridized carbons (Fsp3) is 0.250. The van der Waals surface area contributed by atoms with Crippen LogP contribution in [0.4, 0.5) is 4.39 Å². The molecule has 4 rings (SSSR count). The lowest BCUT2D eigenvalue weighted by atomic mass is 9.89. The van der Waals surface area contributed by atoms with Crippen molar-refractivity contribution >= 4 is 22.6 Å². The molecule has 202 valence electrons. The number of nitrogens with zero attached hydrogens (tertiary/aromatic N) is 1. The third-order valence-corrected chi connectivity index (χ3v) is 7.00. The third kappa shape index (κ3) is 5.78. The SMILES string of the molecule is COc1ccc(CN(C)C)c(C)c1-c1cccc2c(C[C@H](NC(=O)c3c(C)cccc3F)C(=O)O)cccc12. The molecule has 39 heavy (non-hydrogen) atoms. The van der Waals surface area contributed by atoms with E-state index in [9.17, 15) is 19.1 Å². The van der Waals surface area contributed by atoms with E-state index in [1.807, 2.05) is 56.6 Å². The molecule has 2 N–H and O–H groups in total. The normalized spacial score (nSPS) is 12.0. The van der Waals surface area contributed by atoms with Crippen LogP contribution in [0.15, 0.2) is 66.7 Å². The van der Waals surface area contributed by atoms with Crippen molar-refractivity contribution in [1.29, 1.82) is 0 Å². The monoisotopic (exact) mass is 528 g/mol. The molecule has 0 spiro atoms. The van der Waals surface area contributed by atoms with Crippen molar-refractivity contribution in [3.05, 3.63) is 100 Å². The molecule has 0 aliphatic heterocycles. The molecule has 0 radical (unpaired) electrons. The average molecular weight is 529 g/mol. The minimum absolute atomic E-state index is 0.0339. The zero-order valence-electron chi connectivity index (χ0n) is 22.8. The van der Waals surface area contributed by atoms with Crippen LogP contribution in [0.25, 0.3) is 21.9 Å². The summed E-state index contributed by atoms with van der Waals surface area (Å²) in [6.45, 7) is 4.48. The zero-order valence-corrected chi connectivity index (χ0v) is 22.8. The van der Waals surface area contributed by atoms with Gasteiger partial charge in [0.1, 0.15) is 17.6 Å². The number of methoxy groups -OCH3 is 1. The second-order valence-electron chi connectivity index (χ2n) is 9.98. The number of carboxylic acid groups (broad SMARTS) is 1. The molecule has 0 aliphatic rings. The molecule has 0 aliphatic carbocycles. The van der Waals surface area contributed by atoms with Gasteiger partial charge in [-0.1, -0.05) is 54.6 Å². The summed E-state index contributed by atoms with van der Waals surface area (Å²) in [5, 5.41) is 14.3. The van der Waals surface area contributed by atoms with Gasteiger partial charge in [0.05, 0.1) is 12.7 Å². The lowest BCUT2D eigenvalue weighted by Gasteiger charge is -2.20. The maximum Gasteiger partial charge on any atom is 0.326 e. The zero-order chi connectivity index (χ0) is 28.3. The number of aryl methyl sites for hydroxylation is 1. The highest BCUT2D eigenvalue weighted by molar-refractivity contribution is 6.01. The van der Waals surface area contributed by atoms with Crippen molar-refractivity contribution in [1.82, 2.24) is 10.2 Å². The van der Waals surface area contributed by atoms with Crippen LogP contribution in [0.1, 0.15) is 32.6 Å². The Morgan fingerprint density at radius 2 is 1.64 bits per heavy atom. The molecule has 0 aromatic heterocycles. The van der Waals surface area contributed by atoms with Crippen LogP contribution >= 0.6 is 0 Å². The van der Waals surface area contributed by atoms with Crippen molar-refractivity contribution in [2.24, 2.45) is 0 Å². The summed E-state index contributed by atoms with van der Waals surface area (Å²) in [4.78, 5) is 27.2. The van der Waals surface area contributed by atoms with E-state index in [0.717, 1.165) is 45.3 Å². The maximum atomic E-state index is 14.4. The van der Waals surface area contributed by atoms with Crippen LogP contribution in [0.2, 0.25) is 0 Å². The number of ether oxygens (including phenoxy) is 1. The minimum Gasteiger partial charge on any atom is -0.496 e. The highest BCUT2D eigenvalue weighted by atomic mass is 19.1. The minimum atomic E-state index is -1.24. The predicted octanol–water partition coefficient (Wildman–Crippen LogP) is 5.76. The number of halogens is 1. The van der Waals surface area contributed by atoms with Gasteiger partial charge in [-0.15, -0.1) is 0 Å². The first kappa shape index (κ1) is 27.8. The first-order chi connectivity index (χ1) is 18.6. The van der Waals surface area contributed by atoms with Gasteiger partial charge >= 0.3 is 5.97 Å². The summed E-state index contributed by atoms with van der Waals surface area (Å²) in [6.07, 6.45) is 0.0339. The highest BCUT2D eigenvalue weighted by Gasteiger charge is 2.25. The fourth-order valence-corrected chi connectivity index (χ4v) is 5.09. The number of carboxylic acids is 1. The molecule has 0 bridgehead atoms. The molecule has 4 aromatic rings. The number of amides is 1. The molecule has 0 saturated heterocycles. The Hall–Kier alpha value is -4.23. The van der Waals surface area contributed by atoms with Crippen molar-refractivity contribution in [3.8, 4) is 16.9 Å². The van der Waals surface area contributed by atoms with E-state index in [0.29, 0.717) is 5.56 Å². The van der Waals surface area contributed by atoms with E-state index in [2.05, 4.69) is 23.2 Å². The molecule has 7 heteroatoms. The Morgan fingerprint density at radius 1 is 0.949 bits per heavy atom. The Bertz CT molecular complexity index is 1530. The van der Waals surface area contributed by atoms with Crippen LogP contribution < -0.4 is 10.1 Å². The number of benzene rings is 4. The maximum absolute atomic E-state index is 14.4. The number of carbonyl (C=O) groups excluding carboxylic acids is 1. The Balaban J connectivity index is 1.76. The van der Waals surface area contributed by atoms with Gasteiger partial charge in [-0.3, -0.25) is 4.79 Å². The second-order valence-corrected chi connectivity index (χ2v) is 9.98. The van der Waals surface area contributed by atoms with Crippen molar-refractivity contribution in [3.63, 3.8) is 0 Å². The Labute approximate surface area is 228 Å². The van der Waals surface area contributed by atoms with Gasteiger partial charge in [0.15, 0.2) is 0 Å². The van der Waals surface area contributed by atoms with E-state index < -0.39 is 23.7 Å². The topological polar surface area (TPSA) is 78.9 Å². The van der Waals surface area contributed by atoms with Gasteiger partial charge in [0.25, 0.3) is 5.91 Å². The smallest absolute Gasteiger partial charge is 0.326 e. The van der Waals surface area contributed by atoms with Gasteiger partial charge in [-0.05, 0) is 78.7 Å². The van der Waals surface area contributed by atoms with E-state index in [-0.39, 0.29) is 12.0 Å². The van der Waals surface area contributed by atoms with E-state index in [1.54, 1.807) is 20.1 Å². The molecule has 0 fully saturated rings. The van der Waals surface area contributed by atoms with Crippen LogP contribution in [-0.2, 0) is 17.8 Å². The number of hydrogen-bond acceptors (Lipinski definition) is 4. The van der Waals surface area contributed by atoms with Gasteiger partial charge in [-0.2, -0.15) is 0 Å². The first-order valence-corrected chi connectivity index (χ1v) is 12.7. The standard InChI is InChI=1S/C32H33FN2O4/c1-19-9-6-14-26(33)29(19)31(36)34-27(32(37)38)17-21-10-7-12-24-23(21)11-8-13-25(24)30-20(2)22(18-35(3)4)15-16-28(30)39-5/h6-16,27H,17-18H2,1-5H3,(H,34,36)(H,37,38)/t27-/m0/s1. The number of nitrogens with one attached hydrogen (secondary N) is 1. The molecule has 6 nitrogen and oxygen atoms in total. The predicted molar refractivity (Wildman–Crippen MR) is 152 cm³/mol. The van der Waals surface area contributed by atoms with Gasteiger partial charge in [-0.25, -0.2) is 9.18 Å². The fourth-order valence-electron chi connectivity index (χ4n) is 5.09. The molecule has 4 aromatic carbocycles. The average Bonchev–Trinajstić information content (AvgIpc) is 2.89. The first-order valence-electron chi connectivity index (χ1n) is 12.7. The number of rotatable bonds is 9. The van der Waals surface area contributed by atoms with E-state index in [4.69, 9.17) is 4.74 Å². The van der Waals surface area contributed by atoms with E-state index in [1.165, 1.54) is 17.7 Å². The van der Waals surface area contributed by atoms with Gasteiger partial charge in [0.2, 0.25) is 0 Å². The number of carbonyl (C=O) groups is 2. The van der Waals surface area contributed by atoms with E-state index >= 15 is 0 Å². The van der Waals surface area contributed by atoms with Crippen molar-refractivity contribution < 1.29 is 23.8 Å². The third-order valence-electron chi connectivity index (χ3n) is 7.00. The van der Waals surface area contributed by atoms with Crippen LogP contribution in [0.3, 0.4) is 0 Å². The Kier molecular flexibility index (Phi) is 8.31. The molecule has 1 atom stereocenters. The highest BCUT2D eigenvalue weighted by Crippen LogP contribution is 2.40. The molecule has 0 unspecified atom stereocenters. The van der Waals surface area contributed by atoms with Crippen LogP contribution in [0.5, 0.6) is 5.75 Å². The summed E-state index contributed by atoms with van der Waals surface area (Å²) in [5.41, 5.74) is 5.29. The number of aliphatic carboxylic acids is 1. The number of fused-ring (bicyclic) bond motifs is 1. The molecule has 0 heterocycles. The van der Waals surface area contributed by atoms with Gasteiger partial charge < -0.3 is 20.1 Å². The molecular formula is C32H33FN2O4. The summed E-state index contributed by atoms with van der Waals surface area (Å²) in [6, 6.07) is 18.8. The number of hydrogen-bond donors (Lipinski definition) is 2. The van der Waals surface area contributed by atoms with Gasteiger partial charge in [0, 0.05) is 18.5 Å². The van der Waals surface area contributed by atoms with Crippen molar-refractivity contribution in [2.45, 2.75) is 32.9 Å². The lowest BCUT2D eigenvalue weighted by molar-refractivity contribution is -0.139. The molecular weight excluding hydrogens is 495 g/mol. The summed E-state index contributed by atoms with van der Waals surface area (Å²) < 4.78 is 20.1. The molecule has 1 amide bonds. The quantitative estimate of drug-likeness (QED) is 0.289. The van der Waals surface area contributed by atoms with Crippen LogP contribution in [-0.4, -0.2) is 49.1 Å². The summed E-state index contributed by atoms with van der Waals surface area (Å²) >= 11 is 0. The summed E-state index contributed by atoms with van der Waals surface area (Å²) in [5.74, 6) is -1.88. The van der Waals surface area contributed by atoms with Crippen molar-refractivity contribution in [2.75, 3.05) is 21.2 Å². The van der Waals surface area contributed by atoms with Crippen LogP contribution in [0, 0.1) is 19.7 Å². The summed E-state index contributed by atoms with van der Waals surface area (Å²) in [7, 11) is 5.70. The second kappa shape index (κ2) is 11.7.